The Morgan fingerprint density at radius 2 is 2.20 bits per heavy atom. The van der Waals surface area contributed by atoms with Crippen molar-refractivity contribution in [3.05, 3.63) is 23.9 Å². The Bertz CT molecular complexity index is 416. The van der Waals surface area contributed by atoms with Gasteiger partial charge in [0.15, 0.2) is 0 Å². The van der Waals surface area contributed by atoms with Gasteiger partial charge in [-0.15, -0.1) is 0 Å². The lowest BCUT2D eigenvalue weighted by atomic mass is 9.89. The second kappa shape index (κ2) is 7.85. The van der Waals surface area contributed by atoms with E-state index in [4.69, 9.17) is 9.84 Å². The van der Waals surface area contributed by atoms with Crippen molar-refractivity contribution in [1.82, 2.24) is 10.3 Å². The minimum atomic E-state index is -0.137. The standard InChI is InChI=1S/C15H24N2O3/c1-4-20-13-7-6-12(10-17-13)14(19)16-9-5-8-15(2,3)11-18/h6-7,10,18H,4-5,8-9,11H2,1-3H3,(H,16,19). The highest BCUT2D eigenvalue weighted by molar-refractivity contribution is 5.93. The number of aromatic nitrogens is 1. The van der Waals surface area contributed by atoms with Crippen LogP contribution >= 0.6 is 0 Å². The molecule has 1 rings (SSSR count). The maximum Gasteiger partial charge on any atom is 0.252 e. The van der Waals surface area contributed by atoms with E-state index in [2.05, 4.69) is 10.3 Å². The molecule has 1 aromatic rings. The zero-order valence-corrected chi connectivity index (χ0v) is 12.5. The number of nitrogens with one attached hydrogen (secondary N) is 1. The van der Waals surface area contributed by atoms with Gasteiger partial charge in [0.1, 0.15) is 0 Å². The van der Waals surface area contributed by atoms with Gasteiger partial charge in [0.2, 0.25) is 5.88 Å². The van der Waals surface area contributed by atoms with Gasteiger partial charge in [0, 0.05) is 25.4 Å². The summed E-state index contributed by atoms with van der Waals surface area (Å²) in [5.74, 6) is 0.385. The highest BCUT2D eigenvalue weighted by Gasteiger charge is 2.15. The van der Waals surface area contributed by atoms with Crippen LogP contribution in [0, 0.1) is 5.41 Å². The molecule has 1 aromatic heterocycles. The predicted molar refractivity (Wildman–Crippen MR) is 77.8 cm³/mol. The van der Waals surface area contributed by atoms with E-state index in [0.29, 0.717) is 24.6 Å². The van der Waals surface area contributed by atoms with Gasteiger partial charge in [-0.1, -0.05) is 13.8 Å². The molecule has 0 aliphatic heterocycles. The lowest BCUT2D eigenvalue weighted by molar-refractivity contribution is 0.0948. The molecule has 0 radical (unpaired) electrons. The van der Waals surface area contributed by atoms with E-state index in [-0.39, 0.29) is 17.9 Å². The van der Waals surface area contributed by atoms with Crippen LogP contribution in [-0.2, 0) is 0 Å². The Labute approximate surface area is 120 Å². The van der Waals surface area contributed by atoms with Gasteiger partial charge in [-0.25, -0.2) is 4.98 Å². The Morgan fingerprint density at radius 3 is 2.75 bits per heavy atom. The average Bonchev–Trinajstić information content (AvgIpc) is 2.44. The van der Waals surface area contributed by atoms with Crippen LogP contribution in [0.25, 0.3) is 0 Å². The number of ether oxygens (including phenoxy) is 1. The van der Waals surface area contributed by atoms with E-state index in [1.807, 2.05) is 20.8 Å². The van der Waals surface area contributed by atoms with Crippen LogP contribution in [-0.4, -0.2) is 35.8 Å². The minimum Gasteiger partial charge on any atom is -0.478 e. The molecule has 0 unspecified atom stereocenters. The van der Waals surface area contributed by atoms with E-state index in [0.717, 1.165) is 12.8 Å². The number of amides is 1. The molecular weight excluding hydrogens is 256 g/mol. The topological polar surface area (TPSA) is 71.5 Å². The first-order valence-corrected chi connectivity index (χ1v) is 6.96. The molecule has 2 N–H and O–H groups in total. The SMILES string of the molecule is CCOc1ccc(C(=O)NCCCC(C)(C)CO)cn1. The van der Waals surface area contributed by atoms with Crippen molar-refractivity contribution in [3.63, 3.8) is 0 Å². The van der Waals surface area contributed by atoms with Crippen LogP contribution in [0.3, 0.4) is 0 Å². The third-order valence-electron chi connectivity index (χ3n) is 3.03. The normalized spacial score (nSPS) is 11.2. The van der Waals surface area contributed by atoms with E-state index in [1.54, 1.807) is 12.1 Å². The molecule has 1 amide bonds. The second-order valence-corrected chi connectivity index (χ2v) is 5.50. The number of carbonyl (C=O) groups excluding carboxylic acids is 1. The molecule has 0 aromatic carbocycles. The average molecular weight is 280 g/mol. The Morgan fingerprint density at radius 1 is 1.45 bits per heavy atom. The first-order chi connectivity index (χ1) is 9.48. The van der Waals surface area contributed by atoms with Gasteiger partial charge in [0.25, 0.3) is 5.91 Å². The molecule has 20 heavy (non-hydrogen) atoms. The number of hydrogen-bond donors (Lipinski definition) is 2. The lowest BCUT2D eigenvalue weighted by Crippen LogP contribution is -2.26. The molecular formula is C15H24N2O3. The molecule has 0 saturated heterocycles. The van der Waals surface area contributed by atoms with Crippen LogP contribution in [0.2, 0.25) is 0 Å². The Kier molecular flexibility index (Phi) is 6.45. The summed E-state index contributed by atoms with van der Waals surface area (Å²) in [5, 5.41) is 12.0. The highest BCUT2D eigenvalue weighted by Crippen LogP contribution is 2.20. The van der Waals surface area contributed by atoms with Crippen molar-refractivity contribution >= 4 is 5.91 Å². The summed E-state index contributed by atoms with van der Waals surface area (Å²) in [5.41, 5.74) is 0.431. The largest absolute Gasteiger partial charge is 0.478 e. The number of nitrogens with zero attached hydrogens (tertiary/aromatic N) is 1. The van der Waals surface area contributed by atoms with E-state index in [9.17, 15) is 4.79 Å². The van der Waals surface area contributed by atoms with Crippen LogP contribution in [0.4, 0.5) is 0 Å². The summed E-state index contributed by atoms with van der Waals surface area (Å²) in [6.07, 6.45) is 3.22. The van der Waals surface area contributed by atoms with Crippen molar-refractivity contribution < 1.29 is 14.6 Å². The van der Waals surface area contributed by atoms with Crippen molar-refractivity contribution in [3.8, 4) is 5.88 Å². The van der Waals surface area contributed by atoms with Gasteiger partial charge < -0.3 is 15.2 Å². The molecule has 0 spiro atoms. The maximum absolute atomic E-state index is 11.9. The molecule has 0 fully saturated rings. The van der Waals surface area contributed by atoms with Gasteiger partial charge in [0.05, 0.1) is 12.2 Å². The van der Waals surface area contributed by atoms with Gasteiger partial charge in [-0.05, 0) is 31.2 Å². The van der Waals surface area contributed by atoms with Crippen LogP contribution in [0.5, 0.6) is 5.88 Å². The summed E-state index contributed by atoms with van der Waals surface area (Å²) in [6, 6.07) is 3.39. The summed E-state index contributed by atoms with van der Waals surface area (Å²) in [6.45, 7) is 7.20. The van der Waals surface area contributed by atoms with E-state index in [1.165, 1.54) is 6.20 Å². The van der Waals surface area contributed by atoms with Crippen molar-refractivity contribution in [2.45, 2.75) is 33.6 Å². The number of pyridine rings is 1. The first kappa shape index (κ1) is 16.4. The number of aliphatic hydroxyl groups excluding tert-OH is 1. The third-order valence-corrected chi connectivity index (χ3v) is 3.03. The van der Waals surface area contributed by atoms with E-state index < -0.39 is 0 Å². The second-order valence-electron chi connectivity index (χ2n) is 5.50. The number of carbonyl (C=O) groups is 1. The van der Waals surface area contributed by atoms with Gasteiger partial charge in [-0.2, -0.15) is 0 Å². The van der Waals surface area contributed by atoms with Crippen molar-refractivity contribution in [1.29, 1.82) is 0 Å². The van der Waals surface area contributed by atoms with Gasteiger partial charge in [-0.3, -0.25) is 4.79 Å². The maximum atomic E-state index is 11.9. The van der Waals surface area contributed by atoms with E-state index >= 15 is 0 Å². The molecule has 0 aliphatic carbocycles. The smallest absolute Gasteiger partial charge is 0.252 e. The zero-order valence-electron chi connectivity index (χ0n) is 12.5. The fraction of sp³-hybridized carbons (Fsp3) is 0.600. The highest BCUT2D eigenvalue weighted by atomic mass is 16.5. The molecule has 112 valence electrons. The van der Waals surface area contributed by atoms with Gasteiger partial charge >= 0.3 is 0 Å². The molecule has 1 heterocycles. The van der Waals surface area contributed by atoms with Crippen LogP contribution in [0.15, 0.2) is 18.3 Å². The summed E-state index contributed by atoms with van der Waals surface area (Å²) in [4.78, 5) is 15.9. The molecule has 0 aliphatic rings. The Balaban J connectivity index is 2.35. The molecule has 0 bridgehead atoms. The molecule has 5 heteroatoms. The summed E-state index contributed by atoms with van der Waals surface area (Å²) >= 11 is 0. The van der Waals surface area contributed by atoms with Crippen molar-refractivity contribution in [2.75, 3.05) is 19.8 Å². The number of aliphatic hydroxyl groups is 1. The third kappa shape index (κ3) is 5.57. The predicted octanol–water partition coefficient (Wildman–Crippen LogP) is 2.01. The zero-order chi connectivity index (χ0) is 15.0. The summed E-state index contributed by atoms with van der Waals surface area (Å²) < 4.78 is 5.22. The first-order valence-electron chi connectivity index (χ1n) is 6.96. The quantitative estimate of drug-likeness (QED) is 0.715. The molecule has 0 saturated carbocycles. The molecule has 5 nitrogen and oxygen atoms in total. The Hall–Kier alpha value is -1.62. The fourth-order valence-corrected chi connectivity index (χ4v) is 1.70. The lowest BCUT2D eigenvalue weighted by Gasteiger charge is -2.21. The molecule has 0 atom stereocenters. The van der Waals surface area contributed by atoms with Crippen LogP contribution in [0.1, 0.15) is 44.0 Å². The van der Waals surface area contributed by atoms with Crippen molar-refractivity contribution in [2.24, 2.45) is 5.41 Å². The monoisotopic (exact) mass is 280 g/mol. The number of rotatable bonds is 8. The fourth-order valence-electron chi connectivity index (χ4n) is 1.70. The minimum absolute atomic E-state index is 0.0918. The van der Waals surface area contributed by atoms with Crippen LogP contribution < -0.4 is 10.1 Å². The number of hydrogen-bond acceptors (Lipinski definition) is 4. The summed E-state index contributed by atoms with van der Waals surface area (Å²) in [7, 11) is 0.